The van der Waals surface area contributed by atoms with E-state index in [0.717, 1.165) is 42.4 Å². The number of carbonyl (C=O) groups is 1. The molecule has 1 aromatic heterocycles. The number of piperazine rings is 1. The summed E-state index contributed by atoms with van der Waals surface area (Å²) in [5.41, 5.74) is 3.38. The van der Waals surface area contributed by atoms with Crippen molar-refractivity contribution in [2.45, 2.75) is 18.8 Å². The molecule has 34 heavy (non-hydrogen) atoms. The molecule has 1 saturated heterocycles. The number of hydrogen-bond acceptors (Lipinski definition) is 6. The Kier molecular flexibility index (Phi) is 8.43. The molecule has 2 N–H and O–H groups in total. The number of halogens is 3. The van der Waals surface area contributed by atoms with E-state index in [2.05, 4.69) is 46.1 Å². The number of benzene rings is 2. The van der Waals surface area contributed by atoms with Crippen molar-refractivity contribution >= 4 is 5.97 Å². The molecule has 2 aromatic carbocycles. The van der Waals surface area contributed by atoms with E-state index in [0.29, 0.717) is 6.54 Å². The molecule has 0 bridgehead atoms. The Balaban J connectivity index is 0.000000406. The maximum absolute atomic E-state index is 10.6. The molecular weight excluding hydrogens is 451 g/mol. The van der Waals surface area contributed by atoms with Crippen molar-refractivity contribution in [1.82, 2.24) is 14.8 Å². The number of carboxylic acids is 1. The SMILES string of the molecule is CN1CCN(Cc2ncc(-c3cccc(-c4ccccc4)c3)o2)CC1CO.O=C(O)C(F)(F)F. The molecule has 1 aliphatic heterocycles. The van der Waals surface area contributed by atoms with Crippen LogP contribution < -0.4 is 0 Å². The van der Waals surface area contributed by atoms with Crippen molar-refractivity contribution in [2.75, 3.05) is 33.3 Å². The molecular formula is C24H26F3N3O4. The second-order valence-electron chi connectivity index (χ2n) is 7.92. The number of aliphatic hydroxyl groups is 1. The summed E-state index contributed by atoms with van der Waals surface area (Å²) < 4.78 is 37.8. The number of aromatic nitrogens is 1. The average molecular weight is 477 g/mol. The Bertz CT molecular complexity index is 1070. The van der Waals surface area contributed by atoms with Crippen LogP contribution in [0.15, 0.2) is 65.2 Å². The van der Waals surface area contributed by atoms with E-state index < -0.39 is 12.1 Å². The van der Waals surface area contributed by atoms with Gasteiger partial charge in [-0.3, -0.25) is 9.80 Å². The fraction of sp³-hybridized carbons (Fsp3) is 0.333. The summed E-state index contributed by atoms with van der Waals surface area (Å²) in [6, 6.07) is 18.8. The van der Waals surface area contributed by atoms with Gasteiger partial charge in [-0.05, 0) is 24.2 Å². The number of nitrogens with zero attached hydrogens (tertiary/aromatic N) is 3. The molecule has 0 spiro atoms. The Morgan fingerprint density at radius 2 is 1.74 bits per heavy atom. The van der Waals surface area contributed by atoms with Gasteiger partial charge in [0, 0.05) is 31.2 Å². The molecule has 10 heteroatoms. The predicted octanol–water partition coefficient (Wildman–Crippen LogP) is 3.75. The Morgan fingerprint density at radius 1 is 1.09 bits per heavy atom. The van der Waals surface area contributed by atoms with Crippen molar-refractivity contribution in [2.24, 2.45) is 0 Å². The first kappa shape index (κ1) is 25.4. The van der Waals surface area contributed by atoms with E-state index in [1.807, 2.05) is 30.3 Å². The van der Waals surface area contributed by atoms with Crippen molar-refractivity contribution in [3.63, 3.8) is 0 Å². The second-order valence-corrected chi connectivity index (χ2v) is 7.92. The standard InChI is InChI=1S/C22H25N3O2.C2HF3O2/c1-24-10-11-25(14-20(24)16-26)15-22-23-13-21(27-22)19-9-5-8-18(12-19)17-6-3-2-4-7-17;3-2(4,5)1(6)7/h2-9,12-13,20,26H,10-11,14-16H2,1H3;(H,6,7). The maximum Gasteiger partial charge on any atom is 0.490 e. The normalized spacial score (nSPS) is 17.1. The van der Waals surface area contributed by atoms with Crippen LogP contribution in [0.3, 0.4) is 0 Å². The largest absolute Gasteiger partial charge is 0.490 e. The Labute approximate surface area is 195 Å². The monoisotopic (exact) mass is 477 g/mol. The van der Waals surface area contributed by atoms with Gasteiger partial charge in [-0.25, -0.2) is 9.78 Å². The van der Waals surface area contributed by atoms with Crippen LogP contribution in [0.5, 0.6) is 0 Å². The summed E-state index contributed by atoms with van der Waals surface area (Å²) in [7, 11) is 2.06. The van der Waals surface area contributed by atoms with Gasteiger partial charge in [-0.1, -0.05) is 48.5 Å². The third-order valence-electron chi connectivity index (χ3n) is 5.48. The number of rotatable bonds is 5. The third kappa shape index (κ3) is 6.89. The van der Waals surface area contributed by atoms with Crippen LogP contribution in [0, 0.1) is 0 Å². The van der Waals surface area contributed by atoms with Gasteiger partial charge in [0.05, 0.1) is 19.3 Å². The Hall–Kier alpha value is -3.21. The number of hydrogen-bond donors (Lipinski definition) is 2. The lowest BCUT2D eigenvalue weighted by molar-refractivity contribution is -0.192. The Morgan fingerprint density at radius 3 is 2.38 bits per heavy atom. The molecule has 4 rings (SSSR count). The summed E-state index contributed by atoms with van der Waals surface area (Å²) in [4.78, 5) is 17.9. The van der Waals surface area contributed by atoms with Gasteiger partial charge in [0.1, 0.15) is 0 Å². The van der Waals surface area contributed by atoms with Gasteiger partial charge >= 0.3 is 12.1 Å². The first-order valence-corrected chi connectivity index (χ1v) is 10.6. The number of aliphatic hydroxyl groups excluding tert-OH is 1. The van der Waals surface area contributed by atoms with Crippen LogP contribution in [0.2, 0.25) is 0 Å². The summed E-state index contributed by atoms with van der Waals surface area (Å²) in [5.74, 6) is -1.25. The van der Waals surface area contributed by atoms with E-state index in [1.54, 1.807) is 6.20 Å². The quantitative estimate of drug-likeness (QED) is 0.579. The molecule has 3 aromatic rings. The highest BCUT2D eigenvalue weighted by Gasteiger charge is 2.38. The van der Waals surface area contributed by atoms with Gasteiger partial charge in [0.15, 0.2) is 5.76 Å². The molecule has 1 aliphatic rings. The summed E-state index contributed by atoms with van der Waals surface area (Å²) in [6.45, 7) is 3.57. The number of likely N-dealkylation sites (N-methyl/N-ethyl adjacent to an activating group) is 1. The fourth-order valence-electron chi connectivity index (χ4n) is 3.54. The molecule has 0 saturated carbocycles. The van der Waals surface area contributed by atoms with Gasteiger partial charge in [-0.15, -0.1) is 0 Å². The van der Waals surface area contributed by atoms with Crippen LogP contribution >= 0.6 is 0 Å². The van der Waals surface area contributed by atoms with Crippen molar-refractivity contribution in [1.29, 1.82) is 0 Å². The number of carboxylic acid groups (broad SMARTS) is 1. The predicted molar refractivity (Wildman–Crippen MR) is 120 cm³/mol. The molecule has 1 atom stereocenters. The lowest BCUT2D eigenvalue weighted by atomic mass is 10.0. The summed E-state index contributed by atoms with van der Waals surface area (Å²) >= 11 is 0. The lowest BCUT2D eigenvalue weighted by Gasteiger charge is -2.37. The minimum absolute atomic E-state index is 0.177. The van der Waals surface area contributed by atoms with E-state index in [-0.39, 0.29) is 12.6 Å². The first-order chi connectivity index (χ1) is 16.2. The zero-order valence-corrected chi connectivity index (χ0v) is 18.6. The summed E-state index contributed by atoms with van der Waals surface area (Å²) in [5, 5.41) is 16.6. The maximum atomic E-state index is 10.6. The third-order valence-corrected chi connectivity index (χ3v) is 5.48. The minimum atomic E-state index is -5.08. The van der Waals surface area contributed by atoms with E-state index in [1.165, 1.54) is 5.56 Å². The molecule has 182 valence electrons. The minimum Gasteiger partial charge on any atom is -0.475 e. The van der Waals surface area contributed by atoms with E-state index in [9.17, 15) is 18.3 Å². The second kappa shape index (κ2) is 11.3. The van der Waals surface area contributed by atoms with Gasteiger partial charge in [0.2, 0.25) is 5.89 Å². The van der Waals surface area contributed by atoms with Crippen molar-refractivity contribution in [3.05, 3.63) is 66.7 Å². The lowest BCUT2D eigenvalue weighted by Crippen LogP contribution is -2.52. The topological polar surface area (TPSA) is 90.0 Å². The molecule has 0 aliphatic carbocycles. The summed E-state index contributed by atoms with van der Waals surface area (Å²) in [6.07, 6.45) is -3.28. The molecule has 1 fully saturated rings. The number of alkyl halides is 3. The molecule has 0 amide bonds. The van der Waals surface area contributed by atoms with Gasteiger partial charge in [-0.2, -0.15) is 13.2 Å². The smallest absolute Gasteiger partial charge is 0.475 e. The van der Waals surface area contributed by atoms with E-state index >= 15 is 0 Å². The fourth-order valence-corrected chi connectivity index (χ4v) is 3.54. The highest BCUT2D eigenvalue weighted by molar-refractivity contribution is 5.73. The highest BCUT2D eigenvalue weighted by atomic mass is 19.4. The highest BCUT2D eigenvalue weighted by Crippen LogP contribution is 2.27. The van der Waals surface area contributed by atoms with Crippen LogP contribution in [0.1, 0.15) is 5.89 Å². The van der Waals surface area contributed by atoms with Crippen LogP contribution in [-0.4, -0.2) is 76.5 Å². The molecule has 7 nitrogen and oxygen atoms in total. The van der Waals surface area contributed by atoms with Crippen LogP contribution in [0.4, 0.5) is 13.2 Å². The van der Waals surface area contributed by atoms with E-state index in [4.69, 9.17) is 14.3 Å². The zero-order valence-electron chi connectivity index (χ0n) is 18.6. The van der Waals surface area contributed by atoms with Gasteiger partial charge < -0.3 is 14.6 Å². The first-order valence-electron chi connectivity index (χ1n) is 10.6. The van der Waals surface area contributed by atoms with Crippen LogP contribution in [0.25, 0.3) is 22.5 Å². The zero-order chi connectivity index (χ0) is 24.7. The number of aliphatic carboxylic acids is 1. The van der Waals surface area contributed by atoms with Gasteiger partial charge in [0.25, 0.3) is 0 Å². The van der Waals surface area contributed by atoms with Crippen molar-refractivity contribution in [3.8, 4) is 22.5 Å². The van der Waals surface area contributed by atoms with Crippen molar-refractivity contribution < 1.29 is 32.6 Å². The van der Waals surface area contributed by atoms with Crippen LogP contribution in [-0.2, 0) is 11.3 Å². The number of oxazole rings is 1. The molecule has 1 unspecified atom stereocenters. The average Bonchev–Trinajstić information content (AvgIpc) is 3.29. The molecule has 2 heterocycles. The molecule has 0 radical (unpaired) electrons.